The molecule has 2 aliphatic rings. The number of aliphatic hydroxyl groups excluding tert-OH is 1. The highest BCUT2D eigenvalue weighted by Crippen LogP contribution is 2.35. The average molecular weight is 434 g/mol. The van der Waals surface area contributed by atoms with Crippen LogP contribution in [-0.2, 0) is 0 Å². The van der Waals surface area contributed by atoms with E-state index in [-0.39, 0.29) is 12.5 Å². The second kappa shape index (κ2) is 9.00. The number of para-hydroxylation sites is 1. The number of hydrogen-bond acceptors (Lipinski definition) is 7. The molecule has 32 heavy (non-hydrogen) atoms. The molecule has 7 heteroatoms. The number of aromatic nitrogens is 3. The Morgan fingerprint density at radius 3 is 2.88 bits per heavy atom. The van der Waals surface area contributed by atoms with Crippen molar-refractivity contribution in [1.82, 2.24) is 20.4 Å². The van der Waals surface area contributed by atoms with Crippen molar-refractivity contribution in [3.05, 3.63) is 47.8 Å². The summed E-state index contributed by atoms with van der Waals surface area (Å²) in [6.45, 7) is 5.64. The zero-order chi connectivity index (χ0) is 22.1. The Hall–Kier alpha value is -2.77. The van der Waals surface area contributed by atoms with Crippen molar-refractivity contribution < 1.29 is 9.63 Å². The molecule has 3 aromatic rings. The second-order valence-corrected chi connectivity index (χ2v) is 9.07. The Kier molecular flexibility index (Phi) is 5.93. The number of fused-ring (bicyclic) bond motifs is 1. The second-order valence-electron chi connectivity index (χ2n) is 9.07. The highest BCUT2D eigenvalue weighted by molar-refractivity contribution is 5.89. The fourth-order valence-corrected chi connectivity index (χ4v) is 5.00. The molecule has 1 saturated heterocycles. The standard InChI is InChI=1S/C25H31N5O2/c1-16-7-6-8-18-13-21(25-26-17(2)29-32-25)24(28-23(16)18)30-12-11-22(19(14-30)15-31)27-20-9-4-3-5-10-20/h4,6-9,13,19-20,22,27,31H,3,5,10-12,14-15H2,1-2H3. The summed E-state index contributed by atoms with van der Waals surface area (Å²) in [5, 5.41) is 19.1. The number of rotatable bonds is 5. The summed E-state index contributed by atoms with van der Waals surface area (Å²) in [5.41, 5.74) is 2.97. The molecule has 0 saturated carbocycles. The number of aliphatic hydroxyl groups is 1. The molecule has 0 bridgehead atoms. The molecule has 0 radical (unpaired) electrons. The average Bonchev–Trinajstić information content (AvgIpc) is 3.26. The number of anilines is 1. The van der Waals surface area contributed by atoms with Crippen LogP contribution >= 0.6 is 0 Å². The first-order chi connectivity index (χ1) is 15.6. The number of hydrogen-bond donors (Lipinski definition) is 2. The van der Waals surface area contributed by atoms with Crippen LogP contribution in [0.5, 0.6) is 0 Å². The van der Waals surface area contributed by atoms with E-state index in [9.17, 15) is 5.11 Å². The topological polar surface area (TPSA) is 87.3 Å². The van der Waals surface area contributed by atoms with E-state index in [1.165, 1.54) is 19.3 Å². The minimum absolute atomic E-state index is 0.130. The van der Waals surface area contributed by atoms with E-state index in [4.69, 9.17) is 9.51 Å². The quantitative estimate of drug-likeness (QED) is 0.592. The van der Waals surface area contributed by atoms with E-state index in [0.717, 1.165) is 47.4 Å². The van der Waals surface area contributed by atoms with Crippen molar-refractivity contribution in [2.75, 3.05) is 24.6 Å². The van der Waals surface area contributed by atoms with E-state index in [2.05, 4.69) is 57.6 Å². The van der Waals surface area contributed by atoms with Crippen molar-refractivity contribution in [2.45, 2.75) is 51.6 Å². The molecule has 3 atom stereocenters. The maximum Gasteiger partial charge on any atom is 0.261 e. The first-order valence-electron chi connectivity index (χ1n) is 11.6. The van der Waals surface area contributed by atoms with Gasteiger partial charge in [0.2, 0.25) is 0 Å². The molecule has 1 aliphatic carbocycles. The largest absolute Gasteiger partial charge is 0.396 e. The van der Waals surface area contributed by atoms with E-state index < -0.39 is 0 Å². The van der Waals surface area contributed by atoms with Crippen LogP contribution in [0, 0.1) is 19.8 Å². The van der Waals surface area contributed by atoms with Gasteiger partial charge in [-0.05, 0) is 51.2 Å². The van der Waals surface area contributed by atoms with Crippen LogP contribution in [-0.4, -0.2) is 52.0 Å². The van der Waals surface area contributed by atoms with Gasteiger partial charge in [-0.2, -0.15) is 4.98 Å². The number of benzene rings is 1. The van der Waals surface area contributed by atoms with Gasteiger partial charge in [0.25, 0.3) is 5.89 Å². The molecule has 0 spiro atoms. The van der Waals surface area contributed by atoms with Gasteiger partial charge in [-0.25, -0.2) is 4.98 Å². The lowest BCUT2D eigenvalue weighted by Crippen LogP contribution is -2.53. The maximum atomic E-state index is 10.2. The van der Waals surface area contributed by atoms with Crippen molar-refractivity contribution in [3.63, 3.8) is 0 Å². The Morgan fingerprint density at radius 1 is 1.22 bits per heavy atom. The van der Waals surface area contributed by atoms with E-state index in [1.807, 2.05) is 13.0 Å². The first-order valence-corrected chi connectivity index (χ1v) is 11.6. The summed E-state index contributed by atoms with van der Waals surface area (Å²) in [7, 11) is 0. The van der Waals surface area contributed by atoms with Gasteiger partial charge in [-0.15, -0.1) is 0 Å². The van der Waals surface area contributed by atoms with Gasteiger partial charge in [0.05, 0.1) is 11.1 Å². The highest BCUT2D eigenvalue weighted by Gasteiger charge is 2.32. The van der Waals surface area contributed by atoms with E-state index in [0.29, 0.717) is 23.8 Å². The number of piperidine rings is 1. The summed E-state index contributed by atoms with van der Waals surface area (Å²) in [6.07, 6.45) is 9.07. The molecule has 1 fully saturated rings. The summed E-state index contributed by atoms with van der Waals surface area (Å²) in [4.78, 5) is 11.8. The predicted molar refractivity (Wildman–Crippen MR) is 126 cm³/mol. The molecular formula is C25H31N5O2. The van der Waals surface area contributed by atoms with Gasteiger partial charge < -0.3 is 19.8 Å². The van der Waals surface area contributed by atoms with Crippen molar-refractivity contribution in [1.29, 1.82) is 0 Å². The molecule has 5 rings (SSSR count). The Morgan fingerprint density at radius 2 is 2.12 bits per heavy atom. The number of allylic oxidation sites excluding steroid dienone is 1. The molecule has 3 heterocycles. The Bertz CT molecular complexity index is 1120. The maximum absolute atomic E-state index is 10.2. The molecule has 1 aromatic carbocycles. The summed E-state index contributed by atoms with van der Waals surface area (Å²) >= 11 is 0. The van der Waals surface area contributed by atoms with Gasteiger partial charge in [0.1, 0.15) is 5.82 Å². The fourth-order valence-electron chi connectivity index (χ4n) is 5.00. The summed E-state index contributed by atoms with van der Waals surface area (Å²) < 4.78 is 5.54. The minimum atomic E-state index is 0.130. The highest BCUT2D eigenvalue weighted by atomic mass is 16.5. The van der Waals surface area contributed by atoms with Crippen LogP contribution < -0.4 is 10.2 Å². The normalized spacial score (nSPS) is 23.7. The molecule has 1 aliphatic heterocycles. The lowest BCUT2D eigenvalue weighted by Gasteiger charge is -2.41. The molecule has 7 nitrogen and oxygen atoms in total. The summed E-state index contributed by atoms with van der Waals surface area (Å²) in [6, 6.07) is 8.99. The zero-order valence-corrected chi connectivity index (χ0v) is 18.8. The van der Waals surface area contributed by atoms with Gasteiger partial charge in [-0.3, -0.25) is 0 Å². The third-order valence-electron chi connectivity index (χ3n) is 6.74. The molecule has 168 valence electrons. The fraction of sp³-hybridized carbons (Fsp3) is 0.480. The Balaban J connectivity index is 1.47. The van der Waals surface area contributed by atoms with E-state index >= 15 is 0 Å². The third-order valence-corrected chi connectivity index (χ3v) is 6.74. The number of pyridine rings is 1. The summed E-state index contributed by atoms with van der Waals surface area (Å²) in [5.74, 6) is 2.07. The number of aryl methyl sites for hydroxylation is 2. The van der Waals surface area contributed by atoms with Crippen molar-refractivity contribution in [3.8, 4) is 11.5 Å². The van der Waals surface area contributed by atoms with Crippen LogP contribution in [0.25, 0.3) is 22.4 Å². The lowest BCUT2D eigenvalue weighted by molar-refractivity contribution is 0.168. The van der Waals surface area contributed by atoms with Crippen molar-refractivity contribution >= 4 is 16.7 Å². The van der Waals surface area contributed by atoms with Crippen LogP contribution in [0.3, 0.4) is 0 Å². The van der Waals surface area contributed by atoms with Crippen LogP contribution in [0.2, 0.25) is 0 Å². The smallest absolute Gasteiger partial charge is 0.261 e. The van der Waals surface area contributed by atoms with Crippen molar-refractivity contribution in [2.24, 2.45) is 5.92 Å². The van der Waals surface area contributed by atoms with Gasteiger partial charge in [-0.1, -0.05) is 35.5 Å². The predicted octanol–water partition coefficient (Wildman–Crippen LogP) is 3.79. The molecular weight excluding hydrogens is 402 g/mol. The molecule has 0 amide bonds. The Labute approximate surface area is 188 Å². The van der Waals surface area contributed by atoms with Gasteiger partial charge in [0, 0.05) is 43.1 Å². The first kappa shape index (κ1) is 21.1. The van der Waals surface area contributed by atoms with Crippen LogP contribution in [0.15, 0.2) is 40.9 Å². The molecule has 3 unspecified atom stereocenters. The monoisotopic (exact) mass is 433 g/mol. The lowest BCUT2D eigenvalue weighted by atomic mass is 9.90. The van der Waals surface area contributed by atoms with Crippen LogP contribution in [0.1, 0.15) is 37.1 Å². The van der Waals surface area contributed by atoms with E-state index in [1.54, 1.807) is 0 Å². The molecule has 2 N–H and O–H groups in total. The SMILES string of the molecule is Cc1noc(-c2cc3cccc(C)c3nc2N2CCC(NC3C=CCCC3)C(CO)C2)n1. The number of nitrogens with one attached hydrogen (secondary N) is 1. The minimum Gasteiger partial charge on any atom is -0.396 e. The van der Waals surface area contributed by atoms with Crippen LogP contribution in [0.4, 0.5) is 5.82 Å². The van der Waals surface area contributed by atoms with Gasteiger partial charge >= 0.3 is 0 Å². The molecule has 2 aromatic heterocycles. The third kappa shape index (κ3) is 4.14. The zero-order valence-electron chi connectivity index (χ0n) is 18.8. The number of nitrogens with zero attached hydrogens (tertiary/aromatic N) is 4. The van der Waals surface area contributed by atoms with Gasteiger partial charge in [0.15, 0.2) is 5.82 Å².